The van der Waals surface area contributed by atoms with Crippen LogP contribution >= 0.6 is 0 Å². The maximum Gasteiger partial charge on any atom is 0.315 e. The van der Waals surface area contributed by atoms with Crippen LogP contribution in [0.25, 0.3) is 0 Å². The zero-order chi connectivity index (χ0) is 32.5. The Morgan fingerprint density at radius 3 is 2.35 bits per heavy atom. The first-order valence-electron chi connectivity index (χ1n) is 16.1. The summed E-state index contributed by atoms with van der Waals surface area (Å²) in [4.78, 5) is 23.5. The Kier molecular flexibility index (Phi) is 17.0. The maximum absolute atomic E-state index is 12.1. The van der Waals surface area contributed by atoms with Crippen LogP contribution in [0.2, 0.25) is 0 Å². The van der Waals surface area contributed by atoms with Gasteiger partial charge in [-0.15, -0.1) is 5.10 Å². The van der Waals surface area contributed by atoms with Crippen molar-refractivity contribution in [1.29, 1.82) is 0 Å². The van der Waals surface area contributed by atoms with Crippen LogP contribution in [0.5, 0.6) is 0 Å². The molecule has 2 heterocycles. The van der Waals surface area contributed by atoms with Crippen LogP contribution in [0.15, 0.2) is 31.3 Å². The Labute approximate surface area is 261 Å². The molecule has 2 unspecified atom stereocenters. The highest BCUT2D eigenvalue weighted by molar-refractivity contribution is 5.81. The van der Waals surface area contributed by atoms with Gasteiger partial charge in [0.25, 0.3) is 0 Å². The minimum absolute atomic E-state index is 0.00344. The molecule has 0 radical (unpaired) electrons. The molecule has 3 amide bonds. The summed E-state index contributed by atoms with van der Waals surface area (Å²) in [6, 6.07) is 0.249. The van der Waals surface area contributed by atoms with Gasteiger partial charge in [-0.05, 0) is 82.2 Å². The van der Waals surface area contributed by atoms with Gasteiger partial charge >= 0.3 is 6.03 Å². The fourth-order valence-electron chi connectivity index (χ4n) is 5.75. The van der Waals surface area contributed by atoms with E-state index in [1.165, 1.54) is 51.1 Å². The molecule has 1 saturated heterocycles. The summed E-state index contributed by atoms with van der Waals surface area (Å²) in [6.07, 6.45) is 16.5. The van der Waals surface area contributed by atoms with Crippen molar-refractivity contribution in [3.8, 4) is 0 Å². The molecule has 6 N–H and O–H groups in total. The number of likely N-dealkylation sites (N-methyl/N-ethyl adjacent to an activating group) is 1. The number of rotatable bonds is 20. The molecule has 1 aromatic heterocycles. The molecule has 0 spiro atoms. The molecular weight excluding hydrogens is 540 g/mol. The Balaban J connectivity index is 0.00000295. The minimum Gasteiger partial charge on any atom is -0.405 e. The number of hydrogen-bond donors (Lipinski definition) is 5. The molecule has 1 aliphatic heterocycles. The van der Waals surface area contributed by atoms with Crippen molar-refractivity contribution < 1.29 is 9.59 Å². The summed E-state index contributed by atoms with van der Waals surface area (Å²) in [6.45, 7) is 21.2. The van der Waals surface area contributed by atoms with Crippen molar-refractivity contribution in [1.82, 2.24) is 36.3 Å². The molecule has 3 atom stereocenters. The number of nitrogens with one attached hydrogen (secondary N) is 4. The predicted molar refractivity (Wildman–Crippen MR) is 177 cm³/mol. The molecule has 43 heavy (non-hydrogen) atoms. The van der Waals surface area contributed by atoms with E-state index in [1.807, 2.05) is 11.6 Å². The summed E-state index contributed by atoms with van der Waals surface area (Å²) in [7, 11) is 1.66. The zero-order valence-corrected chi connectivity index (χ0v) is 28.2. The first kappa shape index (κ1) is 38.0. The lowest BCUT2D eigenvalue weighted by molar-refractivity contribution is -0.122. The van der Waals surface area contributed by atoms with Gasteiger partial charge < -0.3 is 27.0 Å². The number of hydrogen-bond acceptors (Lipinski definition) is 6. The van der Waals surface area contributed by atoms with Crippen molar-refractivity contribution in [3.05, 3.63) is 36.9 Å². The van der Waals surface area contributed by atoms with E-state index in [1.54, 1.807) is 7.05 Å². The van der Waals surface area contributed by atoms with Gasteiger partial charge in [0, 0.05) is 31.5 Å². The molecule has 246 valence electrons. The summed E-state index contributed by atoms with van der Waals surface area (Å²) >= 11 is 0. The molecule has 2 rings (SSSR count). The Bertz CT molecular complexity index is 987. The van der Waals surface area contributed by atoms with Crippen molar-refractivity contribution >= 4 is 11.9 Å². The Morgan fingerprint density at radius 2 is 1.74 bits per heavy atom. The van der Waals surface area contributed by atoms with Crippen LogP contribution in [0.1, 0.15) is 118 Å². The van der Waals surface area contributed by atoms with Gasteiger partial charge in [0.05, 0.1) is 11.7 Å². The second-order valence-electron chi connectivity index (χ2n) is 13.8. The Morgan fingerprint density at radius 1 is 1.09 bits per heavy atom. The molecule has 1 aromatic rings. The van der Waals surface area contributed by atoms with Crippen molar-refractivity contribution in [2.24, 2.45) is 16.6 Å². The third-order valence-electron chi connectivity index (χ3n) is 8.21. The lowest BCUT2D eigenvalue weighted by Gasteiger charge is -2.28. The number of aromatic nitrogens is 3. The molecule has 0 saturated carbocycles. The normalized spacial score (nSPS) is 17.2. The Hall–Kier alpha value is -3.04. The van der Waals surface area contributed by atoms with E-state index in [9.17, 15) is 9.59 Å². The lowest BCUT2D eigenvalue weighted by atomic mass is 9.77. The highest BCUT2D eigenvalue weighted by atomic mass is 16.2. The highest BCUT2D eigenvalue weighted by Crippen LogP contribution is 2.34. The number of amides is 3. The zero-order valence-electron chi connectivity index (χ0n) is 28.2. The quantitative estimate of drug-likeness (QED) is 0.124. The maximum atomic E-state index is 12.1. The largest absolute Gasteiger partial charge is 0.405 e. The molecule has 10 nitrogen and oxygen atoms in total. The van der Waals surface area contributed by atoms with Crippen molar-refractivity contribution in [2.45, 2.75) is 143 Å². The second-order valence-corrected chi connectivity index (χ2v) is 13.8. The number of carbonyl (C=O) groups excluding carboxylic acids is 2. The monoisotopic (exact) mass is 602 g/mol. The van der Waals surface area contributed by atoms with Crippen molar-refractivity contribution in [3.63, 3.8) is 0 Å². The number of unbranched alkanes of at least 4 members (excludes halogenated alkanes) is 3. The average molecular weight is 603 g/mol. The molecular formula is C33H62N8O2. The number of nitrogens with two attached hydrogens (primary N) is 1. The number of carbonyl (C=O) groups is 2. The van der Waals surface area contributed by atoms with Gasteiger partial charge in [0.2, 0.25) is 5.91 Å². The molecule has 10 heteroatoms. The summed E-state index contributed by atoms with van der Waals surface area (Å²) in [5.74, 6) is -0.00344. The van der Waals surface area contributed by atoms with E-state index in [0.29, 0.717) is 5.41 Å². The third kappa shape index (κ3) is 16.4. The average Bonchev–Trinajstić information content (AvgIpc) is 3.48. The third-order valence-corrected chi connectivity index (χ3v) is 8.21. The minimum atomic E-state index is -0.242. The first-order chi connectivity index (χ1) is 20.2. The number of allylic oxidation sites excluding steroid dienone is 1. The van der Waals surface area contributed by atoms with E-state index in [0.717, 1.165) is 50.0 Å². The highest BCUT2D eigenvalue weighted by Gasteiger charge is 2.27. The van der Waals surface area contributed by atoms with Gasteiger partial charge in [0.15, 0.2) is 0 Å². The molecule has 0 bridgehead atoms. The predicted octanol–water partition coefficient (Wildman–Crippen LogP) is 5.56. The van der Waals surface area contributed by atoms with Gasteiger partial charge in [-0.1, -0.05) is 71.7 Å². The van der Waals surface area contributed by atoms with Gasteiger partial charge in [0.1, 0.15) is 6.04 Å². The molecule has 0 aromatic carbocycles. The van der Waals surface area contributed by atoms with Gasteiger partial charge in [-0.2, -0.15) is 0 Å². The van der Waals surface area contributed by atoms with E-state index in [4.69, 9.17) is 0 Å². The smallest absolute Gasteiger partial charge is 0.315 e. The topological polar surface area (TPSA) is 139 Å². The number of urea groups is 1. The molecule has 1 aliphatic rings. The van der Waals surface area contributed by atoms with Crippen LogP contribution in [-0.2, 0) is 17.8 Å². The van der Waals surface area contributed by atoms with Gasteiger partial charge in [-0.25, -0.2) is 4.79 Å². The van der Waals surface area contributed by atoms with Crippen LogP contribution < -0.4 is 27.0 Å². The summed E-state index contributed by atoms with van der Waals surface area (Å²) in [5, 5.41) is 20.6. The SMILES string of the molecule is C=C(C)N[C@@H](CCCCn1cc(CC(C)(C)CCCC(C)(C)CCCCCC2NC(=O)NC2C)nn1)C(=O)NC.C=CN. The second kappa shape index (κ2) is 19.3. The fraction of sp³-hybridized carbons (Fsp3) is 0.758. The molecule has 0 aliphatic carbocycles. The summed E-state index contributed by atoms with van der Waals surface area (Å²) < 4.78 is 1.94. The number of aryl methyl sites for hydroxylation is 1. The van der Waals surface area contributed by atoms with E-state index >= 15 is 0 Å². The van der Waals surface area contributed by atoms with Crippen LogP contribution in [0.4, 0.5) is 4.79 Å². The van der Waals surface area contributed by atoms with Crippen LogP contribution in [-0.4, -0.2) is 52.1 Å². The standard InChI is InChI=1S/C31H57N7O2.C2H5N/c1-23(2)33-27(28(39)32-8)16-11-13-20-38-22-25(36-37-38)21-31(6,7)19-14-18-30(4,5)17-12-9-10-15-26-24(3)34-29(40)35-26;1-2-3/h22,24,26-27,33H,1,9-21H2,2-8H3,(H,32,39)(H2,34,35,40);2H,1,3H2/t24?,26?,27-;/m0./s1. The van der Waals surface area contributed by atoms with E-state index in [2.05, 4.69) is 91.3 Å². The fourth-order valence-corrected chi connectivity index (χ4v) is 5.75. The van der Waals surface area contributed by atoms with Crippen LogP contribution in [0.3, 0.4) is 0 Å². The van der Waals surface area contributed by atoms with E-state index < -0.39 is 0 Å². The van der Waals surface area contributed by atoms with E-state index in [-0.39, 0.29) is 35.5 Å². The van der Waals surface area contributed by atoms with Crippen molar-refractivity contribution in [2.75, 3.05) is 7.05 Å². The summed E-state index contributed by atoms with van der Waals surface area (Å²) in [5.41, 5.74) is 7.01. The number of nitrogens with zero attached hydrogens (tertiary/aromatic N) is 3. The molecule has 1 fully saturated rings. The van der Waals surface area contributed by atoms with Gasteiger partial charge in [-0.3, -0.25) is 9.48 Å². The first-order valence-corrected chi connectivity index (χ1v) is 16.1. The van der Waals surface area contributed by atoms with Crippen LogP contribution in [0, 0.1) is 10.8 Å². The lowest BCUT2D eigenvalue weighted by Crippen LogP contribution is -2.41.